The molecule has 5 nitrogen and oxygen atoms in total. The van der Waals surface area contributed by atoms with Crippen molar-refractivity contribution in [2.75, 3.05) is 26.7 Å². The third kappa shape index (κ3) is 5.33. The number of nitrogens with one attached hydrogen (secondary N) is 1. The second-order valence-corrected chi connectivity index (χ2v) is 7.01. The van der Waals surface area contributed by atoms with Gasteiger partial charge in [-0.05, 0) is 42.5 Å². The van der Waals surface area contributed by atoms with Crippen molar-refractivity contribution in [1.82, 2.24) is 15.1 Å². The molecule has 1 aliphatic rings. The number of benzene rings is 2. The lowest BCUT2D eigenvalue weighted by Crippen LogP contribution is -2.38. The maximum Gasteiger partial charge on any atom is 0.317 e. The average Bonchev–Trinajstić information content (AvgIpc) is 3.25. The Morgan fingerprint density at radius 3 is 2.30 bits per heavy atom. The van der Waals surface area contributed by atoms with Crippen LogP contribution >= 0.6 is 0 Å². The van der Waals surface area contributed by atoms with Crippen LogP contribution in [0.2, 0.25) is 0 Å². The van der Waals surface area contributed by atoms with Crippen LogP contribution in [-0.2, 0) is 13.0 Å². The summed E-state index contributed by atoms with van der Waals surface area (Å²) in [5, 5.41) is 2.93. The molecule has 1 aliphatic heterocycles. The molecule has 0 unspecified atom stereocenters. The van der Waals surface area contributed by atoms with Gasteiger partial charge in [0.2, 0.25) is 0 Å². The average molecular weight is 365 g/mol. The van der Waals surface area contributed by atoms with E-state index in [0.29, 0.717) is 18.7 Å². The Hall–Kier alpha value is -2.82. The first-order chi connectivity index (χ1) is 13.1. The van der Waals surface area contributed by atoms with Crippen molar-refractivity contribution >= 4 is 11.9 Å². The number of hydrogen-bond acceptors (Lipinski definition) is 2. The van der Waals surface area contributed by atoms with Crippen molar-refractivity contribution < 1.29 is 9.59 Å². The van der Waals surface area contributed by atoms with E-state index in [4.69, 9.17) is 0 Å². The first-order valence-corrected chi connectivity index (χ1v) is 9.54. The first-order valence-electron chi connectivity index (χ1n) is 9.54. The zero-order valence-electron chi connectivity index (χ0n) is 15.9. The highest BCUT2D eigenvalue weighted by atomic mass is 16.2. The standard InChI is InChI=1S/C22H27N3O2/c1-24(16-13-18-7-3-2-4-8-18)22(27)23-17-19-9-11-20(12-10-19)21(26)25-14-5-6-15-25/h2-4,7-12H,5-6,13-17H2,1H3,(H,23,27). The van der Waals surface area contributed by atoms with Crippen molar-refractivity contribution in [3.63, 3.8) is 0 Å². The smallest absolute Gasteiger partial charge is 0.317 e. The molecular formula is C22H27N3O2. The molecule has 1 saturated heterocycles. The largest absolute Gasteiger partial charge is 0.339 e. The topological polar surface area (TPSA) is 52.7 Å². The lowest BCUT2D eigenvalue weighted by Gasteiger charge is -2.18. The molecule has 27 heavy (non-hydrogen) atoms. The van der Waals surface area contributed by atoms with E-state index < -0.39 is 0 Å². The quantitative estimate of drug-likeness (QED) is 0.854. The summed E-state index contributed by atoms with van der Waals surface area (Å²) in [6.45, 7) is 2.82. The van der Waals surface area contributed by atoms with Gasteiger partial charge in [-0.3, -0.25) is 4.79 Å². The van der Waals surface area contributed by atoms with Crippen LogP contribution in [0.15, 0.2) is 54.6 Å². The predicted molar refractivity (Wildman–Crippen MR) is 107 cm³/mol. The van der Waals surface area contributed by atoms with Crippen molar-refractivity contribution in [3.8, 4) is 0 Å². The first kappa shape index (κ1) is 19.0. The molecule has 0 aliphatic carbocycles. The molecule has 0 bridgehead atoms. The van der Waals surface area contributed by atoms with Crippen LogP contribution in [0.25, 0.3) is 0 Å². The molecule has 1 fully saturated rings. The van der Waals surface area contributed by atoms with Crippen LogP contribution in [0.5, 0.6) is 0 Å². The number of carbonyl (C=O) groups is 2. The molecule has 0 aromatic heterocycles. The van der Waals surface area contributed by atoms with Gasteiger partial charge in [0.15, 0.2) is 0 Å². The molecule has 1 N–H and O–H groups in total. The molecule has 1 heterocycles. The van der Waals surface area contributed by atoms with Gasteiger partial charge in [0.1, 0.15) is 0 Å². The van der Waals surface area contributed by atoms with E-state index in [9.17, 15) is 9.59 Å². The Kier molecular flexibility index (Phi) is 6.47. The van der Waals surface area contributed by atoms with Gasteiger partial charge in [-0.2, -0.15) is 0 Å². The van der Waals surface area contributed by atoms with E-state index in [0.717, 1.165) is 37.9 Å². The van der Waals surface area contributed by atoms with Crippen LogP contribution in [0.3, 0.4) is 0 Å². The number of carbonyl (C=O) groups excluding carboxylic acids is 2. The maximum atomic E-state index is 12.4. The summed E-state index contributed by atoms with van der Waals surface area (Å²) in [5.74, 6) is 0.101. The second-order valence-electron chi connectivity index (χ2n) is 7.01. The second kappa shape index (κ2) is 9.21. The summed E-state index contributed by atoms with van der Waals surface area (Å²) in [4.78, 5) is 28.2. The fourth-order valence-electron chi connectivity index (χ4n) is 3.22. The van der Waals surface area contributed by atoms with Crippen molar-refractivity contribution in [3.05, 3.63) is 71.3 Å². The summed E-state index contributed by atoms with van der Waals surface area (Å²) in [6, 6.07) is 17.6. The molecule has 0 saturated carbocycles. The number of likely N-dealkylation sites (tertiary alicyclic amines) is 1. The van der Waals surface area contributed by atoms with Gasteiger partial charge in [-0.1, -0.05) is 42.5 Å². The van der Waals surface area contributed by atoms with Crippen molar-refractivity contribution in [2.24, 2.45) is 0 Å². The fraction of sp³-hybridized carbons (Fsp3) is 0.364. The molecule has 0 radical (unpaired) electrons. The number of nitrogens with zero attached hydrogens (tertiary/aromatic N) is 2. The lowest BCUT2D eigenvalue weighted by molar-refractivity contribution is 0.0793. The van der Waals surface area contributed by atoms with Gasteiger partial charge in [-0.25, -0.2) is 4.79 Å². The van der Waals surface area contributed by atoms with Crippen molar-refractivity contribution in [2.45, 2.75) is 25.8 Å². The van der Waals surface area contributed by atoms with E-state index in [1.165, 1.54) is 5.56 Å². The Bertz CT molecular complexity index is 753. The Balaban J connectivity index is 1.44. The molecule has 2 aromatic rings. The number of amides is 3. The Morgan fingerprint density at radius 1 is 0.963 bits per heavy atom. The number of urea groups is 1. The molecule has 0 spiro atoms. The van der Waals surface area contributed by atoms with Gasteiger partial charge >= 0.3 is 6.03 Å². The minimum atomic E-state index is -0.0943. The predicted octanol–water partition coefficient (Wildman–Crippen LogP) is 3.31. The fourth-order valence-corrected chi connectivity index (χ4v) is 3.22. The molecule has 3 rings (SSSR count). The van der Waals surface area contributed by atoms with Crippen LogP contribution in [0.4, 0.5) is 4.79 Å². The highest BCUT2D eigenvalue weighted by molar-refractivity contribution is 5.94. The lowest BCUT2D eigenvalue weighted by atomic mass is 10.1. The highest BCUT2D eigenvalue weighted by Gasteiger charge is 2.19. The molecule has 2 aromatic carbocycles. The van der Waals surface area contributed by atoms with Crippen LogP contribution in [0, 0.1) is 0 Å². The summed E-state index contributed by atoms with van der Waals surface area (Å²) in [5.41, 5.74) is 2.92. The van der Waals surface area contributed by atoms with Crippen LogP contribution in [0.1, 0.15) is 34.3 Å². The van der Waals surface area contributed by atoms with E-state index in [1.54, 1.807) is 11.9 Å². The van der Waals surface area contributed by atoms with Gasteiger partial charge < -0.3 is 15.1 Å². The van der Waals surface area contributed by atoms with Gasteiger partial charge in [0.05, 0.1) is 0 Å². The van der Waals surface area contributed by atoms with E-state index >= 15 is 0 Å². The minimum Gasteiger partial charge on any atom is -0.339 e. The van der Waals surface area contributed by atoms with Gasteiger partial charge in [0.25, 0.3) is 5.91 Å². The molecule has 0 atom stereocenters. The monoisotopic (exact) mass is 365 g/mol. The number of rotatable bonds is 6. The van der Waals surface area contributed by atoms with Crippen LogP contribution in [-0.4, -0.2) is 48.4 Å². The van der Waals surface area contributed by atoms with Gasteiger partial charge in [0, 0.05) is 38.8 Å². The van der Waals surface area contributed by atoms with E-state index in [1.807, 2.05) is 47.4 Å². The number of likely N-dealkylation sites (N-methyl/N-ethyl adjacent to an activating group) is 1. The third-order valence-corrected chi connectivity index (χ3v) is 4.96. The van der Waals surface area contributed by atoms with E-state index in [-0.39, 0.29) is 11.9 Å². The Morgan fingerprint density at radius 2 is 1.63 bits per heavy atom. The van der Waals surface area contributed by atoms with Crippen molar-refractivity contribution in [1.29, 1.82) is 0 Å². The third-order valence-electron chi connectivity index (χ3n) is 4.96. The maximum absolute atomic E-state index is 12.4. The summed E-state index contributed by atoms with van der Waals surface area (Å²) >= 11 is 0. The van der Waals surface area contributed by atoms with E-state index in [2.05, 4.69) is 17.4 Å². The molecule has 142 valence electrons. The normalized spacial score (nSPS) is 13.4. The zero-order valence-corrected chi connectivity index (χ0v) is 15.9. The summed E-state index contributed by atoms with van der Waals surface area (Å²) in [6.07, 6.45) is 3.01. The summed E-state index contributed by atoms with van der Waals surface area (Å²) < 4.78 is 0. The summed E-state index contributed by atoms with van der Waals surface area (Å²) in [7, 11) is 1.80. The molecule has 3 amide bonds. The molecular weight excluding hydrogens is 338 g/mol. The SMILES string of the molecule is CN(CCc1ccccc1)C(=O)NCc1ccc(C(=O)N2CCCC2)cc1. The van der Waals surface area contributed by atoms with Crippen LogP contribution < -0.4 is 5.32 Å². The minimum absolute atomic E-state index is 0.0943. The zero-order chi connectivity index (χ0) is 19.1. The highest BCUT2D eigenvalue weighted by Crippen LogP contribution is 2.13. The number of hydrogen-bond donors (Lipinski definition) is 1. The van der Waals surface area contributed by atoms with Gasteiger partial charge in [-0.15, -0.1) is 0 Å². The Labute approximate surface area is 161 Å². The molecule has 5 heteroatoms.